The van der Waals surface area contributed by atoms with Crippen LogP contribution in [0.25, 0.3) is 0 Å². The van der Waals surface area contributed by atoms with Crippen molar-refractivity contribution >= 4 is 27.7 Å². The molecule has 2 rings (SSSR count). The van der Waals surface area contributed by atoms with Crippen molar-refractivity contribution in [2.75, 3.05) is 6.54 Å². The highest BCUT2D eigenvalue weighted by Gasteiger charge is 2.05. The van der Waals surface area contributed by atoms with E-state index in [0.717, 1.165) is 20.9 Å². The van der Waals surface area contributed by atoms with Crippen molar-refractivity contribution in [1.82, 2.24) is 15.2 Å². The van der Waals surface area contributed by atoms with Gasteiger partial charge in [0.2, 0.25) is 0 Å². The number of halogens is 1. The van der Waals surface area contributed by atoms with Gasteiger partial charge in [0.15, 0.2) is 5.16 Å². The molecule has 6 heteroatoms. The Balaban J connectivity index is 2.16. The lowest BCUT2D eigenvalue weighted by molar-refractivity contribution is 0.961. The molecule has 0 saturated heterocycles. The number of nitrogens with one attached hydrogen (secondary N) is 1. The molecule has 16 heavy (non-hydrogen) atoms. The number of aromatic nitrogens is 3. The Morgan fingerprint density at radius 2 is 2.31 bits per heavy atom. The fraction of sp³-hybridized carbons (Fsp3) is 0.200. The maximum absolute atomic E-state index is 5.51. The highest BCUT2D eigenvalue weighted by Crippen LogP contribution is 2.31. The van der Waals surface area contributed by atoms with Crippen LogP contribution >= 0.6 is 27.7 Å². The first kappa shape index (κ1) is 11.6. The minimum absolute atomic E-state index is 0.668. The zero-order chi connectivity index (χ0) is 11.4. The summed E-state index contributed by atoms with van der Waals surface area (Å²) in [6.45, 7) is 0.668. The highest BCUT2D eigenvalue weighted by atomic mass is 79.9. The Labute approximate surface area is 106 Å². The summed E-state index contributed by atoms with van der Waals surface area (Å²) in [5.74, 6) is 0. The molecule has 0 spiro atoms. The Morgan fingerprint density at radius 3 is 2.94 bits per heavy atom. The highest BCUT2D eigenvalue weighted by molar-refractivity contribution is 9.10. The molecule has 0 fully saturated rings. The number of aromatic amines is 1. The maximum Gasteiger partial charge on any atom is 0.188 e. The third-order valence-electron chi connectivity index (χ3n) is 2.03. The number of hydrogen-bond donors (Lipinski definition) is 2. The molecule has 84 valence electrons. The second-order valence-electron chi connectivity index (χ2n) is 3.20. The molecule has 0 radical (unpaired) electrons. The van der Waals surface area contributed by atoms with Gasteiger partial charge >= 0.3 is 0 Å². The summed E-state index contributed by atoms with van der Waals surface area (Å²) < 4.78 is 1.06. The molecule has 0 aliphatic rings. The van der Waals surface area contributed by atoms with E-state index in [0.29, 0.717) is 6.54 Å². The zero-order valence-corrected chi connectivity index (χ0v) is 10.9. The van der Waals surface area contributed by atoms with Crippen LogP contribution in [-0.2, 0) is 6.42 Å². The molecule has 0 unspecified atom stereocenters. The molecule has 0 bridgehead atoms. The van der Waals surface area contributed by atoms with Crippen molar-refractivity contribution in [2.24, 2.45) is 5.73 Å². The van der Waals surface area contributed by atoms with Gasteiger partial charge in [0, 0.05) is 9.37 Å². The van der Waals surface area contributed by atoms with Gasteiger partial charge in [-0.3, -0.25) is 5.10 Å². The van der Waals surface area contributed by atoms with E-state index in [4.69, 9.17) is 5.73 Å². The molecular weight excluding hydrogens is 288 g/mol. The predicted molar refractivity (Wildman–Crippen MR) is 67.4 cm³/mol. The van der Waals surface area contributed by atoms with E-state index in [1.165, 1.54) is 11.9 Å². The average Bonchev–Trinajstić information content (AvgIpc) is 2.75. The lowest BCUT2D eigenvalue weighted by Crippen LogP contribution is -2.02. The first-order valence-corrected chi connectivity index (χ1v) is 6.42. The molecule has 0 aliphatic heterocycles. The fourth-order valence-electron chi connectivity index (χ4n) is 1.30. The molecule has 0 amide bonds. The molecule has 0 atom stereocenters. The summed E-state index contributed by atoms with van der Waals surface area (Å²) in [5.41, 5.74) is 6.75. The van der Waals surface area contributed by atoms with E-state index in [1.54, 1.807) is 11.8 Å². The summed E-state index contributed by atoms with van der Waals surface area (Å²) in [6, 6.07) is 6.23. The van der Waals surface area contributed by atoms with Gasteiger partial charge in [0.25, 0.3) is 0 Å². The lowest BCUT2D eigenvalue weighted by atomic mass is 10.2. The van der Waals surface area contributed by atoms with Gasteiger partial charge in [-0.05, 0) is 58.4 Å². The normalized spacial score (nSPS) is 10.6. The second kappa shape index (κ2) is 5.47. The van der Waals surface area contributed by atoms with Crippen LogP contribution in [0, 0.1) is 0 Å². The van der Waals surface area contributed by atoms with Crippen LogP contribution in [0.3, 0.4) is 0 Å². The van der Waals surface area contributed by atoms with Gasteiger partial charge in [-0.1, -0.05) is 6.07 Å². The first-order valence-electron chi connectivity index (χ1n) is 4.81. The lowest BCUT2D eigenvalue weighted by Gasteiger charge is -2.04. The van der Waals surface area contributed by atoms with E-state index in [-0.39, 0.29) is 0 Å². The number of benzene rings is 1. The van der Waals surface area contributed by atoms with Crippen molar-refractivity contribution in [3.8, 4) is 0 Å². The number of hydrogen-bond acceptors (Lipinski definition) is 4. The van der Waals surface area contributed by atoms with Crippen LogP contribution in [0.1, 0.15) is 5.56 Å². The third-order valence-corrected chi connectivity index (χ3v) is 3.91. The molecule has 0 aliphatic carbocycles. The zero-order valence-electron chi connectivity index (χ0n) is 8.48. The van der Waals surface area contributed by atoms with Crippen molar-refractivity contribution in [3.63, 3.8) is 0 Å². The van der Waals surface area contributed by atoms with Gasteiger partial charge in [-0.15, -0.1) is 0 Å². The van der Waals surface area contributed by atoms with Crippen molar-refractivity contribution in [3.05, 3.63) is 34.6 Å². The molecule has 0 saturated carbocycles. The molecule has 3 N–H and O–H groups in total. The molecule has 2 aromatic rings. The van der Waals surface area contributed by atoms with Gasteiger partial charge in [-0.25, -0.2) is 4.98 Å². The third kappa shape index (κ3) is 2.84. The van der Waals surface area contributed by atoms with E-state index in [2.05, 4.69) is 49.3 Å². The minimum Gasteiger partial charge on any atom is -0.330 e. The van der Waals surface area contributed by atoms with E-state index in [1.807, 2.05) is 0 Å². The number of rotatable bonds is 4. The monoisotopic (exact) mass is 298 g/mol. The van der Waals surface area contributed by atoms with Crippen molar-refractivity contribution in [2.45, 2.75) is 16.5 Å². The van der Waals surface area contributed by atoms with E-state index < -0.39 is 0 Å². The first-order chi connectivity index (χ1) is 7.79. The fourth-order valence-corrected chi connectivity index (χ4v) is 2.66. The van der Waals surface area contributed by atoms with Crippen LogP contribution < -0.4 is 5.73 Å². The van der Waals surface area contributed by atoms with E-state index in [9.17, 15) is 0 Å². The van der Waals surface area contributed by atoms with Crippen LogP contribution in [0.2, 0.25) is 0 Å². The maximum atomic E-state index is 5.51. The molecule has 1 aromatic heterocycles. The van der Waals surface area contributed by atoms with Gasteiger partial charge in [0.05, 0.1) is 0 Å². The predicted octanol–water partition coefficient (Wildman–Crippen LogP) is 2.22. The summed E-state index contributed by atoms with van der Waals surface area (Å²) >= 11 is 5.08. The van der Waals surface area contributed by atoms with E-state index >= 15 is 0 Å². The molecule has 4 nitrogen and oxygen atoms in total. The number of nitrogens with zero attached hydrogens (tertiary/aromatic N) is 2. The average molecular weight is 299 g/mol. The van der Waals surface area contributed by atoms with Crippen LogP contribution in [0.15, 0.2) is 39.1 Å². The molecular formula is C10H11BrN4S. The second-order valence-corrected chi connectivity index (χ2v) is 5.08. The number of nitrogens with two attached hydrogens (primary N) is 1. The van der Waals surface area contributed by atoms with Crippen LogP contribution in [-0.4, -0.2) is 21.7 Å². The Morgan fingerprint density at radius 1 is 1.44 bits per heavy atom. The van der Waals surface area contributed by atoms with Gasteiger partial charge in [0.1, 0.15) is 6.33 Å². The molecule has 1 aromatic carbocycles. The Bertz CT molecular complexity index is 458. The van der Waals surface area contributed by atoms with Crippen LogP contribution in [0.4, 0.5) is 0 Å². The Kier molecular flexibility index (Phi) is 3.98. The summed E-state index contributed by atoms with van der Waals surface area (Å²) in [5, 5.41) is 7.40. The quantitative estimate of drug-likeness (QED) is 0.908. The summed E-state index contributed by atoms with van der Waals surface area (Å²) in [4.78, 5) is 5.18. The van der Waals surface area contributed by atoms with Crippen molar-refractivity contribution in [1.29, 1.82) is 0 Å². The standard InChI is InChI=1S/C10H11BrN4S/c11-8-5-7(3-4-12)1-2-9(8)16-10-13-6-14-15-10/h1-2,5-6H,3-4,12H2,(H,13,14,15). The number of H-pyrrole nitrogens is 1. The smallest absolute Gasteiger partial charge is 0.188 e. The molecule has 1 heterocycles. The van der Waals surface area contributed by atoms with Crippen molar-refractivity contribution < 1.29 is 0 Å². The topological polar surface area (TPSA) is 67.6 Å². The van der Waals surface area contributed by atoms with Gasteiger partial charge < -0.3 is 5.73 Å². The summed E-state index contributed by atoms with van der Waals surface area (Å²) in [6.07, 6.45) is 2.39. The SMILES string of the molecule is NCCc1ccc(Sc2ncn[nH]2)c(Br)c1. The minimum atomic E-state index is 0.668. The van der Waals surface area contributed by atoms with Gasteiger partial charge in [-0.2, -0.15) is 5.10 Å². The summed E-state index contributed by atoms with van der Waals surface area (Å²) in [7, 11) is 0. The van der Waals surface area contributed by atoms with Crippen LogP contribution in [0.5, 0.6) is 0 Å². The largest absolute Gasteiger partial charge is 0.330 e. The Hall–Kier alpha value is -0.850.